The lowest BCUT2D eigenvalue weighted by Gasteiger charge is -2.25. The van der Waals surface area contributed by atoms with Gasteiger partial charge in [0.25, 0.3) is 0 Å². The van der Waals surface area contributed by atoms with Gasteiger partial charge in [-0.3, -0.25) is 0 Å². The predicted molar refractivity (Wildman–Crippen MR) is 95.4 cm³/mol. The van der Waals surface area contributed by atoms with Gasteiger partial charge >= 0.3 is 0 Å². The van der Waals surface area contributed by atoms with Crippen molar-refractivity contribution in [2.75, 3.05) is 0 Å². The fraction of sp³-hybridized carbons (Fsp3) is 0.474. The molecule has 0 spiro atoms. The van der Waals surface area contributed by atoms with Crippen molar-refractivity contribution in [3.8, 4) is 0 Å². The van der Waals surface area contributed by atoms with Gasteiger partial charge in [0.05, 0.1) is 5.38 Å². The van der Waals surface area contributed by atoms with E-state index in [9.17, 15) is 0 Å². The molecule has 0 radical (unpaired) electrons. The van der Waals surface area contributed by atoms with Crippen LogP contribution < -0.4 is 0 Å². The SMILES string of the molecule is CC(CC(Cl)c1ccc(Cl)c2ccccc12)CC(C)(C)C. The number of fused-ring (bicyclic) bond motifs is 1. The minimum absolute atomic E-state index is 0.0320. The van der Waals surface area contributed by atoms with E-state index in [-0.39, 0.29) is 5.38 Å². The Labute approximate surface area is 138 Å². The third-order valence-corrected chi connectivity index (χ3v) is 4.56. The van der Waals surface area contributed by atoms with Gasteiger partial charge in [-0.15, -0.1) is 11.6 Å². The Morgan fingerprint density at radius 3 is 2.24 bits per heavy atom. The fourth-order valence-corrected chi connectivity index (χ4v) is 3.89. The molecule has 0 bridgehead atoms. The lowest BCUT2D eigenvalue weighted by molar-refractivity contribution is 0.295. The second-order valence-corrected chi connectivity index (χ2v) is 8.19. The highest BCUT2D eigenvalue weighted by Gasteiger charge is 2.20. The van der Waals surface area contributed by atoms with Crippen molar-refractivity contribution >= 4 is 34.0 Å². The molecule has 0 heterocycles. The molecule has 2 unspecified atom stereocenters. The smallest absolute Gasteiger partial charge is 0.0593 e. The van der Waals surface area contributed by atoms with Crippen LogP contribution in [0.5, 0.6) is 0 Å². The van der Waals surface area contributed by atoms with Crippen LogP contribution in [0.2, 0.25) is 5.02 Å². The fourth-order valence-electron chi connectivity index (χ4n) is 3.17. The first-order valence-electron chi connectivity index (χ1n) is 7.59. The van der Waals surface area contributed by atoms with Crippen LogP contribution in [0.15, 0.2) is 36.4 Å². The maximum Gasteiger partial charge on any atom is 0.0593 e. The molecule has 0 aliphatic rings. The summed E-state index contributed by atoms with van der Waals surface area (Å²) in [5.41, 5.74) is 1.54. The van der Waals surface area contributed by atoms with E-state index < -0.39 is 0 Å². The van der Waals surface area contributed by atoms with Crippen LogP contribution in [0.25, 0.3) is 10.8 Å². The molecule has 2 aromatic carbocycles. The van der Waals surface area contributed by atoms with E-state index in [0.717, 1.165) is 16.8 Å². The Kier molecular flexibility index (Phi) is 5.22. The third-order valence-electron chi connectivity index (χ3n) is 3.81. The van der Waals surface area contributed by atoms with Crippen LogP contribution in [0.1, 0.15) is 51.5 Å². The average molecular weight is 323 g/mol. The van der Waals surface area contributed by atoms with Crippen molar-refractivity contribution in [3.05, 3.63) is 47.0 Å². The van der Waals surface area contributed by atoms with E-state index in [2.05, 4.69) is 45.9 Å². The summed E-state index contributed by atoms with van der Waals surface area (Å²) in [5, 5.41) is 3.09. The van der Waals surface area contributed by atoms with Gasteiger partial charge in [-0.1, -0.05) is 69.6 Å². The highest BCUT2D eigenvalue weighted by atomic mass is 35.5. The number of halogens is 2. The summed E-state index contributed by atoms with van der Waals surface area (Å²) in [4.78, 5) is 0. The second-order valence-electron chi connectivity index (χ2n) is 7.26. The molecule has 21 heavy (non-hydrogen) atoms. The summed E-state index contributed by atoms with van der Waals surface area (Å²) in [6.07, 6.45) is 2.17. The largest absolute Gasteiger partial charge is 0.118 e. The van der Waals surface area contributed by atoms with Crippen LogP contribution in [0.4, 0.5) is 0 Å². The first kappa shape index (κ1) is 16.6. The molecular weight excluding hydrogens is 299 g/mol. The van der Waals surface area contributed by atoms with Gasteiger partial charge in [0.1, 0.15) is 0 Å². The van der Waals surface area contributed by atoms with E-state index in [1.807, 2.05) is 18.2 Å². The van der Waals surface area contributed by atoms with Crippen molar-refractivity contribution in [2.24, 2.45) is 11.3 Å². The Hall–Kier alpha value is -0.720. The lowest BCUT2D eigenvalue weighted by atomic mass is 9.83. The number of hydrogen-bond acceptors (Lipinski definition) is 0. The van der Waals surface area contributed by atoms with E-state index in [1.165, 1.54) is 17.4 Å². The summed E-state index contributed by atoms with van der Waals surface area (Å²) < 4.78 is 0. The van der Waals surface area contributed by atoms with Gasteiger partial charge in [-0.2, -0.15) is 0 Å². The Morgan fingerprint density at radius 2 is 1.62 bits per heavy atom. The third kappa shape index (κ3) is 4.37. The molecule has 0 fully saturated rings. The van der Waals surface area contributed by atoms with Gasteiger partial charge < -0.3 is 0 Å². The van der Waals surface area contributed by atoms with Crippen LogP contribution in [0, 0.1) is 11.3 Å². The summed E-state index contributed by atoms with van der Waals surface area (Å²) >= 11 is 13.0. The molecular formula is C19H24Cl2. The monoisotopic (exact) mass is 322 g/mol. The van der Waals surface area contributed by atoms with E-state index in [0.29, 0.717) is 11.3 Å². The molecule has 2 heteroatoms. The second kappa shape index (κ2) is 6.58. The van der Waals surface area contributed by atoms with Crippen molar-refractivity contribution in [2.45, 2.75) is 45.9 Å². The molecule has 0 saturated heterocycles. The molecule has 2 atom stereocenters. The van der Waals surface area contributed by atoms with Gasteiger partial charge in [0.15, 0.2) is 0 Å². The van der Waals surface area contributed by atoms with Crippen molar-refractivity contribution in [3.63, 3.8) is 0 Å². The highest BCUT2D eigenvalue weighted by molar-refractivity contribution is 6.35. The van der Waals surface area contributed by atoms with E-state index >= 15 is 0 Å². The number of rotatable bonds is 4. The summed E-state index contributed by atoms with van der Waals surface area (Å²) in [6, 6.07) is 12.3. The molecule has 0 aromatic heterocycles. The summed E-state index contributed by atoms with van der Waals surface area (Å²) in [5.74, 6) is 0.599. The van der Waals surface area contributed by atoms with E-state index in [1.54, 1.807) is 0 Å². The Morgan fingerprint density at radius 1 is 1.00 bits per heavy atom. The Balaban J connectivity index is 2.24. The average Bonchev–Trinajstić information content (AvgIpc) is 2.37. The van der Waals surface area contributed by atoms with Crippen LogP contribution >= 0.6 is 23.2 Å². The first-order chi connectivity index (χ1) is 9.78. The Bertz CT molecular complexity index is 610. The lowest BCUT2D eigenvalue weighted by Crippen LogP contribution is -2.12. The van der Waals surface area contributed by atoms with Crippen LogP contribution in [0.3, 0.4) is 0 Å². The predicted octanol–water partition coefficient (Wildman–Crippen LogP) is 7.24. The minimum atomic E-state index is 0.0320. The molecule has 114 valence electrons. The zero-order valence-corrected chi connectivity index (χ0v) is 14.8. The first-order valence-corrected chi connectivity index (χ1v) is 8.40. The van der Waals surface area contributed by atoms with Crippen molar-refractivity contribution in [1.82, 2.24) is 0 Å². The zero-order valence-electron chi connectivity index (χ0n) is 13.3. The van der Waals surface area contributed by atoms with Crippen LogP contribution in [-0.2, 0) is 0 Å². The molecule has 0 amide bonds. The number of alkyl halides is 1. The molecule has 0 aliphatic carbocycles. The van der Waals surface area contributed by atoms with Crippen LogP contribution in [-0.4, -0.2) is 0 Å². The normalized spacial score (nSPS) is 15.1. The molecule has 0 saturated carbocycles. The summed E-state index contributed by atoms with van der Waals surface area (Å²) in [7, 11) is 0. The van der Waals surface area contributed by atoms with Crippen molar-refractivity contribution in [1.29, 1.82) is 0 Å². The quantitative estimate of drug-likeness (QED) is 0.520. The molecule has 0 nitrogen and oxygen atoms in total. The zero-order chi connectivity index (χ0) is 15.6. The van der Waals surface area contributed by atoms with Gasteiger partial charge in [-0.25, -0.2) is 0 Å². The minimum Gasteiger partial charge on any atom is -0.118 e. The molecule has 2 aromatic rings. The summed E-state index contributed by atoms with van der Waals surface area (Å²) in [6.45, 7) is 9.14. The number of hydrogen-bond donors (Lipinski definition) is 0. The highest BCUT2D eigenvalue weighted by Crippen LogP contribution is 2.38. The van der Waals surface area contributed by atoms with Gasteiger partial charge in [0, 0.05) is 10.4 Å². The number of benzene rings is 2. The van der Waals surface area contributed by atoms with Gasteiger partial charge in [0.2, 0.25) is 0 Å². The maximum absolute atomic E-state index is 6.72. The topological polar surface area (TPSA) is 0 Å². The molecule has 0 aliphatic heterocycles. The van der Waals surface area contributed by atoms with E-state index in [4.69, 9.17) is 23.2 Å². The molecule has 0 N–H and O–H groups in total. The maximum atomic E-state index is 6.72. The van der Waals surface area contributed by atoms with Gasteiger partial charge in [-0.05, 0) is 41.2 Å². The standard InChI is InChI=1S/C19H24Cl2/c1-13(12-19(2,3)4)11-18(21)16-9-10-17(20)15-8-6-5-7-14(15)16/h5-10,13,18H,11-12H2,1-4H3. The van der Waals surface area contributed by atoms with Crippen molar-refractivity contribution < 1.29 is 0 Å². The molecule has 2 rings (SSSR count).